The molecule has 0 atom stereocenters. The first-order valence-corrected chi connectivity index (χ1v) is 9.75. The third-order valence-corrected chi connectivity index (χ3v) is 4.85. The minimum atomic E-state index is -0.0355. The summed E-state index contributed by atoms with van der Waals surface area (Å²) in [5, 5.41) is 0. The summed E-state index contributed by atoms with van der Waals surface area (Å²) in [5.74, 6) is 1.30. The first kappa shape index (κ1) is 19.7. The second-order valence-corrected chi connectivity index (χ2v) is 8.50. The van der Waals surface area contributed by atoms with Crippen LogP contribution in [0, 0.1) is 5.41 Å². The van der Waals surface area contributed by atoms with Crippen LogP contribution in [0.4, 0.5) is 0 Å². The van der Waals surface area contributed by atoms with Crippen molar-refractivity contribution in [2.75, 3.05) is 45.9 Å². The van der Waals surface area contributed by atoms with Crippen molar-refractivity contribution in [2.24, 2.45) is 5.41 Å². The number of benzene rings is 1. The zero-order valence-corrected chi connectivity index (χ0v) is 16.6. The smallest absolute Gasteiger partial charge is 0.223 e. The standard InChI is InChI=1S/C21H30N2O4/c1-21(2,3)15-22-8-10-23(11-9-22)20(25)7-5-17(24)16-4-6-18-19(14-16)27-13-12-26-18/h4,6,14H,5,7-13,15H2,1-3H3. The lowest BCUT2D eigenvalue weighted by Crippen LogP contribution is -2.50. The van der Waals surface area contributed by atoms with E-state index in [-0.39, 0.29) is 29.9 Å². The summed E-state index contributed by atoms with van der Waals surface area (Å²) in [7, 11) is 0. The van der Waals surface area contributed by atoms with Gasteiger partial charge >= 0.3 is 0 Å². The highest BCUT2D eigenvalue weighted by molar-refractivity contribution is 5.98. The van der Waals surface area contributed by atoms with E-state index >= 15 is 0 Å². The average molecular weight is 374 g/mol. The van der Waals surface area contributed by atoms with Gasteiger partial charge in [0.15, 0.2) is 17.3 Å². The molecular weight excluding hydrogens is 344 g/mol. The number of hydrogen-bond donors (Lipinski definition) is 0. The molecule has 1 saturated heterocycles. The third kappa shape index (κ3) is 5.45. The molecule has 1 aromatic rings. The molecule has 0 N–H and O–H groups in total. The molecule has 0 bridgehead atoms. The Kier molecular flexibility index (Phi) is 6.05. The topological polar surface area (TPSA) is 59.1 Å². The maximum Gasteiger partial charge on any atom is 0.223 e. The van der Waals surface area contributed by atoms with Gasteiger partial charge in [0.25, 0.3) is 0 Å². The molecule has 6 nitrogen and oxygen atoms in total. The summed E-state index contributed by atoms with van der Waals surface area (Å²) < 4.78 is 11.0. The Morgan fingerprint density at radius 1 is 0.963 bits per heavy atom. The highest BCUT2D eigenvalue weighted by Gasteiger charge is 2.24. The van der Waals surface area contributed by atoms with E-state index in [1.807, 2.05) is 4.90 Å². The van der Waals surface area contributed by atoms with Crippen LogP contribution in [0.1, 0.15) is 44.0 Å². The van der Waals surface area contributed by atoms with Gasteiger partial charge in [0.05, 0.1) is 0 Å². The maximum absolute atomic E-state index is 12.5. The molecule has 0 radical (unpaired) electrons. The van der Waals surface area contributed by atoms with Crippen LogP contribution in [0.2, 0.25) is 0 Å². The van der Waals surface area contributed by atoms with E-state index in [1.165, 1.54) is 0 Å². The molecule has 0 spiro atoms. The number of nitrogens with zero attached hydrogens (tertiary/aromatic N) is 2. The van der Waals surface area contributed by atoms with Crippen LogP contribution in [0.5, 0.6) is 11.5 Å². The van der Waals surface area contributed by atoms with Crippen molar-refractivity contribution in [2.45, 2.75) is 33.6 Å². The summed E-state index contributed by atoms with van der Waals surface area (Å²) in [6, 6.07) is 5.22. The van der Waals surface area contributed by atoms with Crippen LogP contribution in [-0.4, -0.2) is 67.4 Å². The Bertz CT molecular complexity index is 688. The van der Waals surface area contributed by atoms with Gasteiger partial charge in [0, 0.05) is 51.1 Å². The van der Waals surface area contributed by atoms with Crippen LogP contribution < -0.4 is 9.47 Å². The van der Waals surface area contributed by atoms with Gasteiger partial charge in [-0.05, 0) is 23.6 Å². The fourth-order valence-electron chi connectivity index (χ4n) is 3.57. The number of rotatable bonds is 5. The van der Waals surface area contributed by atoms with Gasteiger partial charge in [-0.1, -0.05) is 20.8 Å². The number of carbonyl (C=O) groups excluding carboxylic acids is 2. The molecule has 0 saturated carbocycles. The van der Waals surface area contributed by atoms with Gasteiger partial charge in [0.2, 0.25) is 5.91 Å². The minimum Gasteiger partial charge on any atom is -0.486 e. The summed E-state index contributed by atoms with van der Waals surface area (Å²) in [5.41, 5.74) is 0.837. The molecule has 1 fully saturated rings. The quantitative estimate of drug-likeness (QED) is 0.742. The predicted octanol–water partition coefficient (Wildman–Crippen LogP) is 2.61. The van der Waals surface area contributed by atoms with Crippen molar-refractivity contribution in [1.82, 2.24) is 9.80 Å². The SMILES string of the molecule is CC(C)(C)CN1CCN(C(=O)CCC(=O)c2ccc3c(c2)OCCO3)CC1. The Morgan fingerprint density at radius 2 is 1.63 bits per heavy atom. The molecule has 6 heteroatoms. The molecule has 1 aromatic carbocycles. The van der Waals surface area contributed by atoms with Crippen LogP contribution >= 0.6 is 0 Å². The number of carbonyl (C=O) groups is 2. The first-order chi connectivity index (χ1) is 12.8. The van der Waals surface area contributed by atoms with Gasteiger partial charge in [0.1, 0.15) is 13.2 Å². The number of piperazine rings is 1. The Labute approximate surface area is 161 Å². The van der Waals surface area contributed by atoms with E-state index in [0.717, 1.165) is 32.7 Å². The first-order valence-electron chi connectivity index (χ1n) is 9.75. The van der Waals surface area contributed by atoms with Crippen LogP contribution in [0.3, 0.4) is 0 Å². The second-order valence-electron chi connectivity index (χ2n) is 8.50. The lowest BCUT2D eigenvalue weighted by atomic mass is 9.96. The number of amides is 1. The average Bonchev–Trinajstić information content (AvgIpc) is 2.64. The fourth-order valence-corrected chi connectivity index (χ4v) is 3.57. The highest BCUT2D eigenvalue weighted by Crippen LogP contribution is 2.31. The fraction of sp³-hybridized carbons (Fsp3) is 0.619. The molecule has 0 aliphatic carbocycles. The summed E-state index contributed by atoms with van der Waals surface area (Å²) in [4.78, 5) is 29.2. The zero-order chi connectivity index (χ0) is 19.4. The van der Waals surface area contributed by atoms with E-state index in [1.54, 1.807) is 18.2 Å². The third-order valence-electron chi connectivity index (χ3n) is 4.85. The number of fused-ring (bicyclic) bond motifs is 1. The van der Waals surface area contributed by atoms with Gasteiger partial charge in [-0.2, -0.15) is 0 Å². The van der Waals surface area contributed by atoms with Crippen molar-refractivity contribution in [1.29, 1.82) is 0 Å². The van der Waals surface area contributed by atoms with Crippen molar-refractivity contribution in [3.63, 3.8) is 0 Å². The second kappa shape index (κ2) is 8.30. The Balaban J connectivity index is 1.46. The molecule has 2 aliphatic heterocycles. The van der Waals surface area contributed by atoms with E-state index in [0.29, 0.717) is 30.3 Å². The lowest BCUT2D eigenvalue weighted by molar-refractivity contribution is -0.133. The molecule has 2 aliphatic rings. The van der Waals surface area contributed by atoms with Crippen molar-refractivity contribution in [3.05, 3.63) is 23.8 Å². The molecule has 1 amide bonds. The van der Waals surface area contributed by atoms with Gasteiger partial charge in [-0.3, -0.25) is 14.5 Å². The normalized spacial score (nSPS) is 17.7. The molecule has 0 aromatic heterocycles. The summed E-state index contributed by atoms with van der Waals surface area (Å²) in [6.45, 7) is 12.0. The number of ketones is 1. The Morgan fingerprint density at radius 3 is 2.30 bits per heavy atom. The monoisotopic (exact) mass is 374 g/mol. The largest absolute Gasteiger partial charge is 0.486 e. The van der Waals surface area contributed by atoms with Crippen molar-refractivity contribution >= 4 is 11.7 Å². The number of Topliss-reactive ketones (excluding diaryl/α,β-unsaturated/α-hetero) is 1. The Hall–Kier alpha value is -2.08. The number of hydrogen-bond acceptors (Lipinski definition) is 5. The van der Waals surface area contributed by atoms with Gasteiger partial charge < -0.3 is 14.4 Å². The van der Waals surface area contributed by atoms with Crippen molar-refractivity contribution in [3.8, 4) is 11.5 Å². The zero-order valence-electron chi connectivity index (χ0n) is 16.6. The summed E-state index contributed by atoms with van der Waals surface area (Å²) >= 11 is 0. The van der Waals surface area contributed by atoms with E-state index < -0.39 is 0 Å². The highest BCUT2D eigenvalue weighted by atomic mass is 16.6. The maximum atomic E-state index is 12.5. The van der Waals surface area contributed by atoms with Crippen LogP contribution in [0.15, 0.2) is 18.2 Å². The molecule has 27 heavy (non-hydrogen) atoms. The molecular formula is C21H30N2O4. The minimum absolute atomic E-state index is 0.0355. The van der Waals surface area contributed by atoms with E-state index in [9.17, 15) is 9.59 Å². The van der Waals surface area contributed by atoms with Crippen LogP contribution in [0.25, 0.3) is 0 Å². The van der Waals surface area contributed by atoms with Crippen molar-refractivity contribution < 1.29 is 19.1 Å². The predicted molar refractivity (Wildman–Crippen MR) is 103 cm³/mol. The van der Waals surface area contributed by atoms with Gasteiger partial charge in [-0.25, -0.2) is 0 Å². The molecule has 2 heterocycles. The molecule has 0 unspecified atom stereocenters. The number of ether oxygens (including phenoxy) is 2. The van der Waals surface area contributed by atoms with E-state index in [4.69, 9.17) is 9.47 Å². The molecule has 148 valence electrons. The van der Waals surface area contributed by atoms with Gasteiger partial charge in [-0.15, -0.1) is 0 Å². The summed E-state index contributed by atoms with van der Waals surface area (Å²) in [6.07, 6.45) is 0.479. The lowest BCUT2D eigenvalue weighted by Gasteiger charge is -2.37. The van der Waals surface area contributed by atoms with E-state index in [2.05, 4.69) is 25.7 Å². The van der Waals surface area contributed by atoms with Crippen LogP contribution in [-0.2, 0) is 4.79 Å². The molecule has 3 rings (SSSR count).